The number of hydrogen-bond donors (Lipinski definition) is 1. The van der Waals surface area contributed by atoms with Gasteiger partial charge in [0.1, 0.15) is 11.6 Å². The third kappa shape index (κ3) is 4.15. The van der Waals surface area contributed by atoms with E-state index < -0.39 is 5.41 Å². The van der Waals surface area contributed by atoms with Gasteiger partial charge in [-0.1, -0.05) is 18.2 Å². The number of halogens is 1. The maximum absolute atomic E-state index is 14.6. The highest BCUT2D eigenvalue weighted by atomic mass is 19.1. The van der Waals surface area contributed by atoms with Crippen molar-refractivity contribution in [3.8, 4) is 5.75 Å². The molecule has 1 saturated heterocycles. The van der Waals surface area contributed by atoms with E-state index in [4.69, 9.17) is 9.47 Å². The Morgan fingerprint density at radius 3 is 2.55 bits per heavy atom. The number of anilines is 1. The molecule has 0 aromatic heterocycles. The first kappa shape index (κ1) is 19.9. The molecule has 2 aliphatic rings. The Morgan fingerprint density at radius 1 is 1.14 bits per heavy atom. The highest BCUT2D eigenvalue weighted by Gasteiger charge is 2.43. The Kier molecular flexibility index (Phi) is 5.86. The number of carbonyl (C=O) groups excluding carboxylic acids is 1. The number of nitrogens with one attached hydrogen (secondary N) is 1. The van der Waals surface area contributed by atoms with Crippen LogP contribution in [-0.2, 0) is 14.9 Å². The summed E-state index contributed by atoms with van der Waals surface area (Å²) >= 11 is 0. The lowest BCUT2D eigenvalue weighted by atomic mass is 9.73. The molecule has 2 aromatic carbocycles. The zero-order valence-electron chi connectivity index (χ0n) is 16.9. The van der Waals surface area contributed by atoms with Crippen molar-refractivity contribution in [1.29, 1.82) is 0 Å². The molecule has 4 rings (SSSR count). The first-order valence-corrected chi connectivity index (χ1v) is 10.5. The van der Waals surface area contributed by atoms with Crippen LogP contribution < -0.4 is 10.1 Å². The molecule has 154 valence electrons. The minimum Gasteiger partial charge on any atom is -0.490 e. The molecule has 5 heteroatoms. The van der Waals surface area contributed by atoms with Gasteiger partial charge in [-0.15, -0.1) is 0 Å². The van der Waals surface area contributed by atoms with Gasteiger partial charge in [-0.2, -0.15) is 0 Å². The van der Waals surface area contributed by atoms with Gasteiger partial charge in [-0.05, 0) is 75.3 Å². The summed E-state index contributed by atoms with van der Waals surface area (Å²) in [7, 11) is 0. The Morgan fingerprint density at radius 2 is 1.86 bits per heavy atom. The average molecular weight is 397 g/mol. The van der Waals surface area contributed by atoms with E-state index in [0.717, 1.165) is 24.2 Å². The third-order valence-electron chi connectivity index (χ3n) is 6.20. The fourth-order valence-electron chi connectivity index (χ4n) is 4.48. The minimum atomic E-state index is -0.920. The Balaban J connectivity index is 1.55. The summed E-state index contributed by atoms with van der Waals surface area (Å²) < 4.78 is 26.2. The van der Waals surface area contributed by atoms with Crippen LogP contribution in [-0.4, -0.2) is 25.2 Å². The van der Waals surface area contributed by atoms with Crippen molar-refractivity contribution < 1.29 is 18.7 Å². The molecule has 2 aromatic rings. The molecule has 4 nitrogen and oxygen atoms in total. The molecular formula is C24H28FNO3. The van der Waals surface area contributed by atoms with Crippen LogP contribution in [0.3, 0.4) is 0 Å². The Hall–Kier alpha value is -2.40. The molecular weight excluding hydrogens is 369 g/mol. The van der Waals surface area contributed by atoms with Crippen LogP contribution in [0.1, 0.15) is 49.7 Å². The predicted molar refractivity (Wildman–Crippen MR) is 111 cm³/mol. The van der Waals surface area contributed by atoms with E-state index in [9.17, 15) is 9.18 Å². The van der Waals surface area contributed by atoms with E-state index in [2.05, 4.69) is 5.32 Å². The number of hydrogen-bond acceptors (Lipinski definition) is 3. The second-order valence-corrected chi connectivity index (χ2v) is 8.13. The predicted octanol–water partition coefficient (Wildman–Crippen LogP) is 5.14. The van der Waals surface area contributed by atoms with E-state index in [0.29, 0.717) is 43.4 Å². The standard InChI is InChI=1S/C24H28FNO3/c1-17-16-18(10-11-22(17)29-19-6-2-3-7-19)26-23(27)24(12-14-28-15-13-24)20-8-4-5-9-21(20)25/h4-5,8-11,16,19H,2-3,6-7,12-15H2,1H3,(H,26,27). The molecule has 1 aliphatic carbocycles. The molecule has 0 bridgehead atoms. The molecule has 0 radical (unpaired) electrons. The Bertz CT molecular complexity index is 870. The number of carbonyl (C=O) groups is 1. The highest BCUT2D eigenvalue weighted by Crippen LogP contribution is 2.38. The van der Waals surface area contributed by atoms with Crippen molar-refractivity contribution in [2.24, 2.45) is 0 Å². The molecule has 1 N–H and O–H groups in total. The van der Waals surface area contributed by atoms with Gasteiger partial charge in [-0.25, -0.2) is 4.39 Å². The lowest BCUT2D eigenvalue weighted by Crippen LogP contribution is -2.45. The lowest BCUT2D eigenvalue weighted by molar-refractivity contribution is -0.125. The molecule has 0 atom stereocenters. The van der Waals surface area contributed by atoms with Crippen LogP contribution in [0.25, 0.3) is 0 Å². The van der Waals surface area contributed by atoms with Crippen molar-refractivity contribution in [3.05, 3.63) is 59.4 Å². The SMILES string of the molecule is Cc1cc(NC(=O)C2(c3ccccc3F)CCOCC2)ccc1OC1CCCC1. The fraction of sp³-hybridized carbons (Fsp3) is 0.458. The van der Waals surface area contributed by atoms with Crippen LogP contribution in [0.5, 0.6) is 5.75 Å². The van der Waals surface area contributed by atoms with Crippen LogP contribution in [0.2, 0.25) is 0 Å². The zero-order valence-corrected chi connectivity index (χ0v) is 16.9. The molecule has 1 amide bonds. The van der Waals surface area contributed by atoms with E-state index in [1.54, 1.807) is 18.2 Å². The zero-order chi connectivity index (χ0) is 20.3. The summed E-state index contributed by atoms with van der Waals surface area (Å²) in [6.45, 7) is 2.87. The number of aryl methyl sites for hydroxylation is 1. The average Bonchev–Trinajstić information content (AvgIpc) is 3.24. The number of amides is 1. The highest BCUT2D eigenvalue weighted by molar-refractivity contribution is 5.99. The van der Waals surface area contributed by atoms with Crippen LogP contribution in [0.4, 0.5) is 10.1 Å². The second-order valence-electron chi connectivity index (χ2n) is 8.13. The van der Waals surface area contributed by atoms with Crippen LogP contribution >= 0.6 is 0 Å². The maximum atomic E-state index is 14.6. The summed E-state index contributed by atoms with van der Waals surface area (Å²) in [6, 6.07) is 12.3. The van der Waals surface area contributed by atoms with Crippen molar-refractivity contribution in [3.63, 3.8) is 0 Å². The lowest BCUT2D eigenvalue weighted by Gasteiger charge is -2.36. The van der Waals surface area contributed by atoms with Crippen LogP contribution in [0, 0.1) is 12.7 Å². The van der Waals surface area contributed by atoms with Crippen molar-refractivity contribution in [2.75, 3.05) is 18.5 Å². The molecule has 2 fully saturated rings. The first-order valence-electron chi connectivity index (χ1n) is 10.5. The molecule has 29 heavy (non-hydrogen) atoms. The molecule has 1 heterocycles. The van der Waals surface area contributed by atoms with Gasteiger partial charge in [0.15, 0.2) is 0 Å². The topological polar surface area (TPSA) is 47.6 Å². The van der Waals surface area contributed by atoms with Crippen molar-refractivity contribution in [2.45, 2.75) is 57.0 Å². The summed E-state index contributed by atoms with van der Waals surface area (Å²) in [5.41, 5.74) is 1.21. The summed E-state index contributed by atoms with van der Waals surface area (Å²) in [4.78, 5) is 13.4. The van der Waals surface area contributed by atoms with E-state index >= 15 is 0 Å². The normalized spacial score (nSPS) is 19.1. The van der Waals surface area contributed by atoms with E-state index in [1.165, 1.54) is 18.9 Å². The summed E-state index contributed by atoms with van der Waals surface area (Å²) in [6.07, 6.45) is 5.86. The van der Waals surface area contributed by atoms with Gasteiger partial charge in [0.2, 0.25) is 5.91 Å². The van der Waals surface area contributed by atoms with Gasteiger partial charge in [-0.3, -0.25) is 4.79 Å². The summed E-state index contributed by atoms with van der Waals surface area (Å²) in [5.74, 6) is 0.334. The van der Waals surface area contributed by atoms with Crippen LogP contribution in [0.15, 0.2) is 42.5 Å². The molecule has 0 unspecified atom stereocenters. The number of ether oxygens (including phenoxy) is 2. The second kappa shape index (κ2) is 8.54. The largest absolute Gasteiger partial charge is 0.490 e. The third-order valence-corrected chi connectivity index (χ3v) is 6.20. The molecule has 1 aliphatic heterocycles. The Labute approximate surface area is 171 Å². The quantitative estimate of drug-likeness (QED) is 0.760. The van der Waals surface area contributed by atoms with E-state index in [1.807, 2.05) is 25.1 Å². The van der Waals surface area contributed by atoms with Gasteiger partial charge >= 0.3 is 0 Å². The minimum absolute atomic E-state index is 0.185. The maximum Gasteiger partial charge on any atom is 0.235 e. The van der Waals surface area contributed by atoms with E-state index in [-0.39, 0.29) is 11.7 Å². The van der Waals surface area contributed by atoms with Crippen molar-refractivity contribution in [1.82, 2.24) is 0 Å². The number of benzene rings is 2. The molecule has 1 saturated carbocycles. The van der Waals surface area contributed by atoms with Gasteiger partial charge in [0.25, 0.3) is 0 Å². The van der Waals surface area contributed by atoms with Crippen molar-refractivity contribution >= 4 is 11.6 Å². The van der Waals surface area contributed by atoms with Gasteiger partial charge in [0, 0.05) is 24.5 Å². The first-order chi connectivity index (χ1) is 14.1. The molecule has 0 spiro atoms. The van der Waals surface area contributed by atoms with Gasteiger partial charge < -0.3 is 14.8 Å². The summed E-state index contributed by atoms with van der Waals surface area (Å²) in [5, 5.41) is 3.02. The van der Waals surface area contributed by atoms with Gasteiger partial charge in [0.05, 0.1) is 11.5 Å². The monoisotopic (exact) mass is 397 g/mol. The smallest absolute Gasteiger partial charge is 0.235 e. The fourth-order valence-corrected chi connectivity index (χ4v) is 4.48. The number of rotatable bonds is 5.